The van der Waals surface area contributed by atoms with Gasteiger partial charge in [0.25, 0.3) is 5.91 Å². The monoisotopic (exact) mass is 390 g/mol. The lowest BCUT2D eigenvalue weighted by atomic mass is 10.0. The van der Waals surface area contributed by atoms with E-state index in [2.05, 4.69) is 18.0 Å². The summed E-state index contributed by atoms with van der Waals surface area (Å²) in [5.74, 6) is 0.820. The number of rotatable bonds is 10. The number of hydrogen-bond donors (Lipinski definition) is 0. The van der Waals surface area contributed by atoms with Crippen LogP contribution in [0.4, 0.5) is 0 Å². The van der Waals surface area contributed by atoms with E-state index in [1.807, 2.05) is 11.1 Å². The van der Waals surface area contributed by atoms with Gasteiger partial charge in [-0.3, -0.25) is 4.79 Å². The molecular weight excluding hydrogens is 356 g/mol. The molecule has 1 aliphatic carbocycles. The first kappa shape index (κ1) is 21.1. The average Bonchev–Trinajstić information content (AvgIpc) is 3.56. The predicted molar refractivity (Wildman–Crippen MR) is 107 cm³/mol. The summed E-state index contributed by atoms with van der Waals surface area (Å²) in [5, 5.41) is 0. The largest absolute Gasteiger partial charge is 0.481 e. The van der Waals surface area contributed by atoms with E-state index in [0.717, 1.165) is 69.1 Å². The molecule has 2 atom stereocenters. The van der Waals surface area contributed by atoms with Crippen LogP contribution < -0.4 is 4.74 Å². The Labute approximate surface area is 168 Å². The quantitative estimate of drug-likeness (QED) is 0.570. The maximum absolute atomic E-state index is 13.2. The number of amides is 1. The van der Waals surface area contributed by atoms with Crippen molar-refractivity contribution in [2.24, 2.45) is 0 Å². The molecule has 0 aromatic carbocycles. The van der Waals surface area contributed by atoms with Crippen LogP contribution in [-0.4, -0.2) is 55.4 Å². The highest BCUT2D eigenvalue weighted by molar-refractivity contribution is 5.82. The van der Waals surface area contributed by atoms with Crippen molar-refractivity contribution < 1.29 is 19.0 Å². The highest BCUT2D eigenvalue weighted by Crippen LogP contribution is 2.36. The SMILES string of the molecule is COCCCCc1cc(C(C)N(C(=O)[C@H]2CCCCO2)C2CC2)cnc1OC. The second kappa shape index (κ2) is 10.2. The van der Waals surface area contributed by atoms with Crippen LogP contribution in [0.5, 0.6) is 5.88 Å². The van der Waals surface area contributed by atoms with Crippen LogP contribution in [0.15, 0.2) is 12.3 Å². The van der Waals surface area contributed by atoms with Crippen LogP contribution in [-0.2, 0) is 20.7 Å². The molecule has 2 heterocycles. The van der Waals surface area contributed by atoms with E-state index in [4.69, 9.17) is 14.2 Å². The summed E-state index contributed by atoms with van der Waals surface area (Å²) in [6.07, 6.45) is 9.60. The number of unbranched alkanes of at least 4 members (excludes halogenated alkanes) is 1. The molecule has 28 heavy (non-hydrogen) atoms. The fraction of sp³-hybridized carbons (Fsp3) is 0.727. The van der Waals surface area contributed by atoms with Crippen molar-refractivity contribution in [3.05, 3.63) is 23.4 Å². The Morgan fingerprint density at radius 2 is 2.11 bits per heavy atom. The molecule has 0 bridgehead atoms. The maximum atomic E-state index is 13.2. The summed E-state index contributed by atoms with van der Waals surface area (Å²) >= 11 is 0. The van der Waals surface area contributed by atoms with Gasteiger partial charge < -0.3 is 19.1 Å². The number of aromatic nitrogens is 1. The molecule has 3 rings (SSSR count). The molecule has 6 heteroatoms. The molecule has 2 aliphatic rings. The summed E-state index contributed by atoms with van der Waals surface area (Å²) in [4.78, 5) is 19.8. The molecule has 1 saturated carbocycles. The van der Waals surface area contributed by atoms with E-state index in [1.165, 1.54) is 0 Å². The first-order valence-corrected chi connectivity index (χ1v) is 10.6. The molecule has 0 radical (unpaired) electrons. The lowest BCUT2D eigenvalue weighted by Gasteiger charge is -2.34. The fourth-order valence-electron chi connectivity index (χ4n) is 3.97. The number of pyridine rings is 1. The van der Waals surface area contributed by atoms with Gasteiger partial charge in [0, 0.05) is 38.1 Å². The highest BCUT2D eigenvalue weighted by atomic mass is 16.5. The third-order valence-corrected chi connectivity index (χ3v) is 5.73. The minimum absolute atomic E-state index is 0.0124. The number of aryl methyl sites for hydroxylation is 1. The second-order valence-electron chi connectivity index (χ2n) is 7.89. The van der Waals surface area contributed by atoms with Crippen LogP contribution in [0.1, 0.15) is 69.0 Å². The van der Waals surface area contributed by atoms with Gasteiger partial charge in [-0.15, -0.1) is 0 Å². The molecule has 1 aromatic rings. The standard InChI is InChI=1S/C22H34N2O4/c1-16(24(19-10-11-19)22(25)20-9-5-7-13-28-20)18-14-17(8-4-6-12-26-2)21(27-3)23-15-18/h14-16,19-20H,4-13H2,1-3H3/t16?,20-/m1/s1. The molecule has 2 fully saturated rings. The number of nitrogens with zero attached hydrogens (tertiary/aromatic N) is 2. The zero-order chi connectivity index (χ0) is 19.9. The Morgan fingerprint density at radius 1 is 1.29 bits per heavy atom. The molecule has 0 spiro atoms. The molecule has 1 aromatic heterocycles. The van der Waals surface area contributed by atoms with Crippen LogP contribution in [0.2, 0.25) is 0 Å². The van der Waals surface area contributed by atoms with Crippen molar-refractivity contribution in [1.82, 2.24) is 9.88 Å². The number of carbonyl (C=O) groups excluding carboxylic acids is 1. The minimum atomic E-state index is -0.281. The highest BCUT2D eigenvalue weighted by Gasteiger charge is 2.40. The van der Waals surface area contributed by atoms with Crippen molar-refractivity contribution in [2.75, 3.05) is 27.4 Å². The first-order valence-electron chi connectivity index (χ1n) is 10.6. The molecule has 1 amide bonds. The van der Waals surface area contributed by atoms with Crippen molar-refractivity contribution in [1.29, 1.82) is 0 Å². The Hall–Kier alpha value is -1.66. The van der Waals surface area contributed by atoms with Crippen molar-refractivity contribution in [3.63, 3.8) is 0 Å². The van der Waals surface area contributed by atoms with E-state index in [9.17, 15) is 4.79 Å². The van der Waals surface area contributed by atoms with Crippen molar-refractivity contribution in [3.8, 4) is 5.88 Å². The number of methoxy groups -OCH3 is 2. The lowest BCUT2D eigenvalue weighted by Crippen LogP contribution is -2.44. The van der Waals surface area contributed by atoms with Gasteiger partial charge in [-0.1, -0.05) is 0 Å². The van der Waals surface area contributed by atoms with Gasteiger partial charge in [0.1, 0.15) is 6.10 Å². The van der Waals surface area contributed by atoms with Gasteiger partial charge in [-0.2, -0.15) is 0 Å². The summed E-state index contributed by atoms with van der Waals surface area (Å²) in [5.41, 5.74) is 2.17. The minimum Gasteiger partial charge on any atom is -0.481 e. The van der Waals surface area contributed by atoms with Gasteiger partial charge in [0.2, 0.25) is 5.88 Å². The molecule has 156 valence electrons. The predicted octanol–water partition coefficient (Wildman–Crippen LogP) is 3.68. The van der Waals surface area contributed by atoms with Gasteiger partial charge in [0.15, 0.2) is 0 Å². The number of ether oxygens (including phenoxy) is 3. The van der Waals surface area contributed by atoms with E-state index in [1.54, 1.807) is 14.2 Å². The molecule has 6 nitrogen and oxygen atoms in total. The fourth-order valence-corrected chi connectivity index (χ4v) is 3.97. The Kier molecular flexibility index (Phi) is 7.68. The van der Waals surface area contributed by atoms with Gasteiger partial charge in [-0.25, -0.2) is 4.98 Å². The molecule has 1 saturated heterocycles. The molecule has 1 aliphatic heterocycles. The second-order valence-corrected chi connectivity index (χ2v) is 7.89. The summed E-state index contributed by atoms with van der Waals surface area (Å²) in [6, 6.07) is 2.48. The summed E-state index contributed by atoms with van der Waals surface area (Å²) < 4.78 is 16.4. The summed E-state index contributed by atoms with van der Waals surface area (Å²) in [6.45, 7) is 3.56. The van der Waals surface area contributed by atoms with Crippen LogP contribution >= 0.6 is 0 Å². The van der Waals surface area contributed by atoms with Crippen molar-refractivity contribution >= 4 is 5.91 Å². The van der Waals surface area contributed by atoms with Gasteiger partial charge in [0.05, 0.1) is 13.2 Å². The zero-order valence-corrected chi connectivity index (χ0v) is 17.5. The van der Waals surface area contributed by atoms with E-state index in [0.29, 0.717) is 18.5 Å². The van der Waals surface area contributed by atoms with E-state index < -0.39 is 0 Å². The first-order chi connectivity index (χ1) is 13.7. The van der Waals surface area contributed by atoms with Crippen LogP contribution in [0, 0.1) is 0 Å². The molecule has 0 N–H and O–H groups in total. The van der Waals surface area contributed by atoms with Gasteiger partial charge in [-0.05, 0) is 69.9 Å². The van der Waals surface area contributed by atoms with Crippen LogP contribution in [0.25, 0.3) is 0 Å². The number of hydrogen-bond acceptors (Lipinski definition) is 5. The third-order valence-electron chi connectivity index (χ3n) is 5.73. The van der Waals surface area contributed by atoms with Gasteiger partial charge >= 0.3 is 0 Å². The molecule has 1 unspecified atom stereocenters. The van der Waals surface area contributed by atoms with Crippen LogP contribution in [0.3, 0.4) is 0 Å². The zero-order valence-electron chi connectivity index (χ0n) is 17.5. The number of carbonyl (C=O) groups is 1. The molecular formula is C22H34N2O4. The Balaban J connectivity index is 1.74. The lowest BCUT2D eigenvalue weighted by molar-refractivity contribution is -0.149. The Morgan fingerprint density at radius 3 is 2.75 bits per heavy atom. The smallest absolute Gasteiger partial charge is 0.252 e. The van der Waals surface area contributed by atoms with E-state index in [-0.39, 0.29) is 18.1 Å². The van der Waals surface area contributed by atoms with E-state index >= 15 is 0 Å². The van der Waals surface area contributed by atoms with Crippen molar-refractivity contribution in [2.45, 2.75) is 76.5 Å². The Bertz CT molecular complexity index is 641. The topological polar surface area (TPSA) is 60.9 Å². The third kappa shape index (κ3) is 5.23. The maximum Gasteiger partial charge on any atom is 0.252 e. The average molecular weight is 391 g/mol. The normalized spacial score (nSPS) is 20.6. The summed E-state index contributed by atoms with van der Waals surface area (Å²) in [7, 11) is 3.38.